The number of likely N-dealkylation sites (tertiary alicyclic amines) is 1. The molecule has 5 aromatic rings. The van der Waals surface area contributed by atoms with Crippen LogP contribution in [0.1, 0.15) is 35.3 Å². The van der Waals surface area contributed by atoms with Crippen molar-refractivity contribution in [3.8, 4) is 5.69 Å². The number of halogens is 1. The fourth-order valence-electron chi connectivity index (χ4n) is 5.51. The number of aromatic carboxylic acids is 1. The fourth-order valence-corrected chi connectivity index (χ4v) is 5.68. The number of amides is 5. The second-order valence-electron chi connectivity index (χ2n) is 11.6. The number of aromatic amines is 1. The Morgan fingerprint density at radius 1 is 0.860 bits per heavy atom. The number of anilines is 3. The van der Waals surface area contributed by atoms with Gasteiger partial charge in [0.05, 0.1) is 11.4 Å². The Hall–Kier alpha value is -6.29. The van der Waals surface area contributed by atoms with Gasteiger partial charge < -0.3 is 36.3 Å². The zero-order valence-electron chi connectivity index (χ0n) is 26.4. The average molecular weight is 699 g/mol. The maximum absolute atomic E-state index is 13.7. The Morgan fingerprint density at radius 2 is 1.62 bits per heavy atom. The lowest BCUT2D eigenvalue weighted by Gasteiger charge is -2.26. The van der Waals surface area contributed by atoms with Crippen molar-refractivity contribution in [3.63, 3.8) is 0 Å². The van der Waals surface area contributed by atoms with Crippen molar-refractivity contribution in [3.05, 3.63) is 89.3 Å². The van der Waals surface area contributed by atoms with Gasteiger partial charge >= 0.3 is 23.8 Å². The summed E-state index contributed by atoms with van der Waals surface area (Å²) in [6.07, 6.45) is 4.30. The summed E-state index contributed by atoms with van der Waals surface area (Å²) < 4.78 is 1.28. The van der Waals surface area contributed by atoms with E-state index in [0.29, 0.717) is 46.6 Å². The topological polar surface area (TPSA) is 216 Å². The predicted molar refractivity (Wildman–Crippen MR) is 183 cm³/mol. The van der Waals surface area contributed by atoms with E-state index < -0.39 is 29.7 Å². The van der Waals surface area contributed by atoms with Crippen molar-refractivity contribution in [2.75, 3.05) is 29.0 Å². The number of tetrazole rings is 1. The molecule has 17 heteroatoms. The van der Waals surface area contributed by atoms with E-state index in [2.05, 4.69) is 41.8 Å². The van der Waals surface area contributed by atoms with Crippen LogP contribution < -0.4 is 21.3 Å². The number of carbonyl (C=O) groups excluding carboxylic acids is 4. The maximum atomic E-state index is 13.7. The first-order valence-corrected chi connectivity index (χ1v) is 16.0. The van der Waals surface area contributed by atoms with E-state index >= 15 is 0 Å². The van der Waals surface area contributed by atoms with Gasteiger partial charge in [-0.25, -0.2) is 9.59 Å². The molecule has 0 saturated carbocycles. The summed E-state index contributed by atoms with van der Waals surface area (Å²) in [6, 6.07) is 16.1. The summed E-state index contributed by atoms with van der Waals surface area (Å²) in [4.78, 5) is 68.7. The molecule has 1 saturated heterocycles. The Balaban J connectivity index is 1.19. The molecule has 0 spiro atoms. The number of aromatic nitrogens is 5. The van der Waals surface area contributed by atoms with Gasteiger partial charge in [0.15, 0.2) is 0 Å². The first-order chi connectivity index (χ1) is 24.1. The lowest BCUT2D eigenvalue weighted by Crippen LogP contribution is -2.49. The van der Waals surface area contributed by atoms with Crippen LogP contribution in [-0.4, -0.2) is 84.1 Å². The van der Waals surface area contributed by atoms with Crippen molar-refractivity contribution < 1.29 is 29.1 Å². The summed E-state index contributed by atoms with van der Waals surface area (Å²) in [5, 5.41) is 31.8. The first-order valence-electron chi connectivity index (χ1n) is 15.6. The normalized spacial score (nSPS) is 13.3. The van der Waals surface area contributed by atoms with E-state index in [-0.39, 0.29) is 28.9 Å². The van der Waals surface area contributed by atoms with Crippen molar-refractivity contribution in [1.82, 2.24) is 35.4 Å². The number of carboxylic acid groups (broad SMARTS) is 1. The van der Waals surface area contributed by atoms with Crippen LogP contribution in [0.15, 0.2) is 73.1 Å². The van der Waals surface area contributed by atoms with E-state index in [9.17, 15) is 29.1 Å². The third-order valence-electron chi connectivity index (χ3n) is 8.04. The summed E-state index contributed by atoms with van der Waals surface area (Å²) in [6.45, 7) is 1.39. The first kappa shape index (κ1) is 33.6. The Morgan fingerprint density at radius 3 is 2.34 bits per heavy atom. The molecule has 3 aromatic carbocycles. The molecule has 6 rings (SSSR count). The number of nitrogens with zero attached hydrogens (tertiary/aromatic N) is 5. The monoisotopic (exact) mass is 698 g/mol. The highest BCUT2D eigenvalue weighted by atomic mass is 35.5. The molecule has 1 aliphatic heterocycles. The fraction of sp³-hybridized carbons (Fsp3) is 0.212. The van der Waals surface area contributed by atoms with Crippen LogP contribution in [0, 0.1) is 0 Å². The number of fused-ring (bicyclic) bond motifs is 1. The van der Waals surface area contributed by atoms with Gasteiger partial charge in [0.2, 0.25) is 5.91 Å². The average Bonchev–Trinajstić information content (AvgIpc) is 3.80. The summed E-state index contributed by atoms with van der Waals surface area (Å²) in [5.74, 6) is -3.96. The summed E-state index contributed by atoms with van der Waals surface area (Å²) in [5.41, 5.74) is 2.55. The van der Waals surface area contributed by atoms with Gasteiger partial charge in [0.25, 0.3) is 0 Å². The second kappa shape index (κ2) is 14.9. The number of piperidine rings is 1. The Labute approximate surface area is 289 Å². The molecule has 1 aliphatic rings. The molecule has 0 aliphatic carbocycles. The predicted octanol–water partition coefficient (Wildman–Crippen LogP) is 3.82. The smallest absolute Gasteiger partial charge is 0.352 e. The SMILES string of the molecule is O=C(Nc1cc(Cl)ccc1-n1cnnn1)C(=O)N[C@@H](Cc1ccc(NC(=O)N2CCCCC2)cc1)C(=O)Nc1ccc2[nH]c(C(=O)O)cc2c1. The number of hydrogen-bond donors (Lipinski definition) is 6. The third kappa shape index (κ3) is 8.04. The molecule has 50 heavy (non-hydrogen) atoms. The van der Waals surface area contributed by atoms with Crippen molar-refractivity contribution >= 4 is 69.3 Å². The van der Waals surface area contributed by atoms with E-state index in [1.165, 1.54) is 23.1 Å². The number of carbonyl (C=O) groups is 5. The summed E-state index contributed by atoms with van der Waals surface area (Å²) >= 11 is 6.14. The zero-order chi connectivity index (χ0) is 35.2. The van der Waals surface area contributed by atoms with Gasteiger partial charge in [0, 0.05) is 46.8 Å². The Bertz CT molecular complexity index is 2060. The molecule has 0 radical (unpaired) electrons. The number of nitrogens with one attached hydrogen (secondary N) is 5. The van der Waals surface area contributed by atoms with Gasteiger partial charge in [-0.1, -0.05) is 23.7 Å². The van der Waals surface area contributed by atoms with Crippen LogP contribution in [-0.2, 0) is 20.8 Å². The molecule has 2 aromatic heterocycles. The second-order valence-corrected chi connectivity index (χ2v) is 12.0. The van der Waals surface area contributed by atoms with Crippen LogP contribution in [0.3, 0.4) is 0 Å². The van der Waals surface area contributed by atoms with E-state index in [0.717, 1.165) is 19.3 Å². The summed E-state index contributed by atoms with van der Waals surface area (Å²) in [7, 11) is 0. The lowest BCUT2D eigenvalue weighted by atomic mass is 10.0. The molecule has 0 unspecified atom stereocenters. The van der Waals surface area contributed by atoms with Crippen molar-refractivity contribution in [1.29, 1.82) is 0 Å². The highest BCUT2D eigenvalue weighted by molar-refractivity contribution is 6.40. The standard InChI is InChI=1S/C33H31ClN10O6/c34-21-6-11-28(44-18-35-41-42-44)25(17-21)39-30(46)31(47)40-26(29(45)36-23-9-10-24-20(15-23)16-27(38-24)32(48)49)14-19-4-7-22(8-5-19)37-33(50)43-12-2-1-3-13-43/h4-11,15-18,26,38H,1-3,12-14H2,(H,36,45)(H,37,50)(H,39,46)(H,40,47)(H,48,49)/t26-/m0/s1. The molecule has 1 fully saturated rings. The molecule has 0 bridgehead atoms. The van der Waals surface area contributed by atoms with Gasteiger partial charge in [-0.15, -0.1) is 5.10 Å². The lowest BCUT2D eigenvalue weighted by molar-refractivity contribution is -0.137. The molecule has 1 atom stereocenters. The van der Waals surface area contributed by atoms with Gasteiger partial charge in [-0.3, -0.25) is 14.4 Å². The van der Waals surface area contributed by atoms with Crippen molar-refractivity contribution in [2.24, 2.45) is 0 Å². The zero-order valence-corrected chi connectivity index (χ0v) is 27.1. The van der Waals surface area contributed by atoms with Crippen LogP contribution >= 0.6 is 11.6 Å². The van der Waals surface area contributed by atoms with Gasteiger partial charge in [-0.05, 0) is 89.8 Å². The van der Waals surface area contributed by atoms with Crippen LogP contribution in [0.25, 0.3) is 16.6 Å². The third-order valence-corrected chi connectivity index (χ3v) is 8.27. The molecule has 6 N–H and O–H groups in total. The number of urea groups is 1. The molecular weight excluding hydrogens is 668 g/mol. The number of hydrogen-bond acceptors (Lipinski definition) is 8. The van der Waals surface area contributed by atoms with Crippen LogP contribution in [0.2, 0.25) is 5.02 Å². The van der Waals surface area contributed by atoms with Gasteiger partial charge in [-0.2, -0.15) is 4.68 Å². The minimum absolute atomic E-state index is 0.0156. The van der Waals surface area contributed by atoms with E-state index in [1.54, 1.807) is 59.5 Å². The Kier molecular flexibility index (Phi) is 9.99. The molecule has 3 heterocycles. The number of H-pyrrole nitrogens is 1. The van der Waals surface area contributed by atoms with E-state index in [4.69, 9.17) is 11.6 Å². The van der Waals surface area contributed by atoms with Crippen molar-refractivity contribution in [2.45, 2.75) is 31.7 Å². The number of rotatable bonds is 9. The van der Waals surface area contributed by atoms with Gasteiger partial charge in [0.1, 0.15) is 18.1 Å². The molecule has 16 nitrogen and oxygen atoms in total. The van der Waals surface area contributed by atoms with E-state index in [1.807, 2.05) is 0 Å². The number of carboxylic acids is 1. The minimum Gasteiger partial charge on any atom is -0.477 e. The molecule has 256 valence electrons. The van der Waals surface area contributed by atoms with Crippen LogP contribution in [0.4, 0.5) is 21.9 Å². The maximum Gasteiger partial charge on any atom is 0.352 e. The minimum atomic E-state index is -1.24. The largest absolute Gasteiger partial charge is 0.477 e. The van der Waals surface area contributed by atoms with Crippen LogP contribution in [0.5, 0.6) is 0 Å². The number of benzene rings is 3. The molecular formula is C33H31ClN10O6. The quantitative estimate of drug-likeness (QED) is 0.123. The highest BCUT2D eigenvalue weighted by Crippen LogP contribution is 2.24. The highest BCUT2D eigenvalue weighted by Gasteiger charge is 2.26. The molecule has 5 amide bonds.